The van der Waals surface area contributed by atoms with Crippen LogP contribution in [0.2, 0.25) is 0 Å². The number of benzene rings is 1. The maximum Gasteiger partial charge on any atom is 0.309 e. The molecule has 1 atom stereocenters. The van der Waals surface area contributed by atoms with Crippen LogP contribution in [0.25, 0.3) is 5.69 Å². The molecular formula is C16H18N2O2. The first-order valence-corrected chi connectivity index (χ1v) is 7.07. The molecule has 0 saturated carbocycles. The van der Waals surface area contributed by atoms with Gasteiger partial charge in [0.05, 0.1) is 23.9 Å². The third-order valence-electron chi connectivity index (χ3n) is 3.71. The highest BCUT2D eigenvalue weighted by Crippen LogP contribution is 2.26. The van der Waals surface area contributed by atoms with Crippen LogP contribution in [0.3, 0.4) is 0 Å². The Bertz CT molecular complexity index is 604. The third-order valence-corrected chi connectivity index (χ3v) is 3.71. The molecule has 1 heterocycles. The lowest BCUT2D eigenvalue weighted by Crippen LogP contribution is -2.24. The average Bonchev–Trinajstić information content (AvgIpc) is 2.91. The van der Waals surface area contributed by atoms with Crippen LogP contribution in [0.1, 0.15) is 24.6 Å². The second kappa shape index (κ2) is 5.49. The van der Waals surface area contributed by atoms with E-state index in [-0.39, 0.29) is 11.9 Å². The van der Waals surface area contributed by atoms with Crippen molar-refractivity contribution in [3.8, 4) is 5.69 Å². The van der Waals surface area contributed by atoms with E-state index in [0.29, 0.717) is 6.61 Å². The molecule has 2 aromatic rings. The van der Waals surface area contributed by atoms with Gasteiger partial charge in [-0.05, 0) is 43.9 Å². The minimum Gasteiger partial charge on any atom is -0.466 e. The molecule has 0 spiro atoms. The van der Waals surface area contributed by atoms with E-state index < -0.39 is 0 Å². The molecule has 0 N–H and O–H groups in total. The predicted molar refractivity (Wildman–Crippen MR) is 75.7 cm³/mol. The predicted octanol–water partition coefficient (Wildman–Crippen LogP) is 2.54. The van der Waals surface area contributed by atoms with Crippen molar-refractivity contribution in [2.24, 2.45) is 5.92 Å². The number of aromatic nitrogens is 2. The van der Waals surface area contributed by atoms with Gasteiger partial charge in [0, 0.05) is 6.20 Å². The zero-order chi connectivity index (χ0) is 13.9. The monoisotopic (exact) mass is 270 g/mol. The Morgan fingerprint density at radius 3 is 2.95 bits per heavy atom. The van der Waals surface area contributed by atoms with E-state index in [0.717, 1.165) is 36.2 Å². The Labute approximate surface area is 118 Å². The number of para-hydroxylation sites is 1. The molecule has 0 bridgehead atoms. The van der Waals surface area contributed by atoms with Gasteiger partial charge in [-0.1, -0.05) is 18.2 Å². The van der Waals surface area contributed by atoms with Crippen LogP contribution in [-0.4, -0.2) is 22.4 Å². The van der Waals surface area contributed by atoms with Crippen molar-refractivity contribution in [2.75, 3.05) is 6.61 Å². The van der Waals surface area contributed by atoms with Gasteiger partial charge in [-0.3, -0.25) is 4.79 Å². The summed E-state index contributed by atoms with van der Waals surface area (Å²) in [5.41, 5.74) is 3.32. The van der Waals surface area contributed by atoms with Gasteiger partial charge in [-0.25, -0.2) is 4.68 Å². The lowest BCUT2D eigenvalue weighted by Gasteiger charge is -2.19. The number of esters is 1. The maximum absolute atomic E-state index is 11.8. The first-order valence-electron chi connectivity index (χ1n) is 7.07. The van der Waals surface area contributed by atoms with Crippen molar-refractivity contribution < 1.29 is 9.53 Å². The average molecular weight is 270 g/mol. The lowest BCUT2D eigenvalue weighted by molar-refractivity contribution is -0.148. The Balaban J connectivity index is 1.81. The van der Waals surface area contributed by atoms with Gasteiger partial charge in [0.2, 0.25) is 0 Å². The summed E-state index contributed by atoms with van der Waals surface area (Å²) in [6.45, 7) is 2.30. The molecule has 1 aromatic carbocycles. The highest BCUT2D eigenvalue weighted by atomic mass is 16.5. The zero-order valence-corrected chi connectivity index (χ0v) is 11.6. The number of rotatable bonds is 3. The van der Waals surface area contributed by atoms with Crippen LogP contribution in [0, 0.1) is 5.92 Å². The van der Waals surface area contributed by atoms with E-state index in [1.165, 1.54) is 0 Å². The number of hydrogen-bond donors (Lipinski definition) is 0. The Morgan fingerprint density at radius 2 is 2.20 bits per heavy atom. The molecule has 0 fully saturated rings. The van der Waals surface area contributed by atoms with Crippen LogP contribution in [-0.2, 0) is 22.4 Å². The number of carbonyl (C=O) groups excluding carboxylic acids is 1. The minimum atomic E-state index is -0.0781. The molecule has 20 heavy (non-hydrogen) atoms. The lowest BCUT2D eigenvalue weighted by atomic mass is 9.88. The summed E-state index contributed by atoms with van der Waals surface area (Å²) in [6, 6.07) is 10.0. The molecule has 4 nitrogen and oxygen atoms in total. The van der Waals surface area contributed by atoms with E-state index in [2.05, 4.69) is 5.10 Å². The van der Waals surface area contributed by atoms with Crippen LogP contribution in [0.4, 0.5) is 0 Å². The fourth-order valence-corrected chi connectivity index (χ4v) is 2.68. The van der Waals surface area contributed by atoms with Crippen molar-refractivity contribution in [1.29, 1.82) is 0 Å². The molecular weight excluding hydrogens is 252 g/mol. The maximum atomic E-state index is 11.8. The van der Waals surface area contributed by atoms with E-state index in [9.17, 15) is 4.79 Å². The number of fused-ring (bicyclic) bond motifs is 1. The van der Waals surface area contributed by atoms with Gasteiger partial charge in [0.25, 0.3) is 0 Å². The molecule has 4 heteroatoms. The number of ether oxygens (including phenoxy) is 1. The van der Waals surface area contributed by atoms with Crippen LogP contribution >= 0.6 is 0 Å². The largest absolute Gasteiger partial charge is 0.466 e. The molecule has 0 radical (unpaired) electrons. The summed E-state index contributed by atoms with van der Waals surface area (Å²) < 4.78 is 7.02. The van der Waals surface area contributed by atoms with Crippen LogP contribution < -0.4 is 0 Å². The minimum absolute atomic E-state index is 0.0177. The molecule has 1 aliphatic carbocycles. The van der Waals surface area contributed by atoms with Crippen LogP contribution in [0.5, 0.6) is 0 Å². The van der Waals surface area contributed by atoms with Gasteiger partial charge in [0.1, 0.15) is 0 Å². The number of nitrogens with zero attached hydrogens (tertiary/aromatic N) is 2. The van der Waals surface area contributed by atoms with E-state index in [1.807, 2.05) is 48.1 Å². The summed E-state index contributed by atoms with van der Waals surface area (Å²) in [6.07, 6.45) is 4.45. The van der Waals surface area contributed by atoms with E-state index in [1.54, 1.807) is 0 Å². The summed E-state index contributed by atoms with van der Waals surface area (Å²) in [5, 5.41) is 4.63. The van der Waals surface area contributed by atoms with Crippen molar-refractivity contribution in [1.82, 2.24) is 9.78 Å². The molecule has 1 aliphatic rings. The van der Waals surface area contributed by atoms with E-state index in [4.69, 9.17) is 4.74 Å². The van der Waals surface area contributed by atoms with Gasteiger partial charge in [-0.15, -0.1) is 0 Å². The van der Waals surface area contributed by atoms with Crippen LogP contribution in [0.15, 0.2) is 36.5 Å². The van der Waals surface area contributed by atoms with Crippen molar-refractivity contribution in [3.05, 3.63) is 47.8 Å². The molecule has 3 rings (SSSR count). The molecule has 0 unspecified atom stereocenters. The number of aryl methyl sites for hydroxylation is 1. The highest BCUT2D eigenvalue weighted by molar-refractivity contribution is 5.73. The second-order valence-electron chi connectivity index (χ2n) is 5.07. The first kappa shape index (κ1) is 12.9. The Morgan fingerprint density at radius 1 is 1.40 bits per heavy atom. The Kier molecular flexibility index (Phi) is 3.54. The number of hydrogen-bond acceptors (Lipinski definition) is 3. The van der Waals surface area contributed by atoms with Gasteiger partial charge >= 0.3 is 5.97 Å². The molecule has 0 aliphatic heterocycles. The summed E-state index contributed by atoms with van der Waals surface area (Å²) >= 11 is 0. The molecule has 0 saturated heterocycles. The van der Waals surface area contributed by atoms with Crippen molar-refractivity contribution >= 4 is 5.97 Å². The smallest absolute Gasteiger partial charge is 0.309 e. The topological polar surface area (TPSA) is 44.1 Å². The molecule has 0 amide bonds. The second-order valence-corrected chi connectivity index (χ2v) is 5.07. The highest BCUT2D eigenvalue weighted by Gasteiger charge is 2.27. The molecule has 104 valence electrons. The normalized spacial score (nSPS) is 17.6. The molecule has 1 aromatic heterocycles. The van der Waals surface area contributed by atoms with Gasteiger partial charge in [0.15, 0.2) is 0 Å². The standard InChI is InChI=1S/C16H18N2O2/c1-2-20-16(19)12-8-9-15-13(10-12)11-18(17-15)14-6-4-3-5-7-14/h3-7,11-12H,2,8-10H2,1H3/t12-/m0/s1. The summed E-state index contributed by atoms with van der Waals surface area (Å²) in [5.74, 6) is -0.0958. The van der Waals surface area contributed by atoms with Crippen molar-refractivity contribution in [3.63, 3.8) is 0 Å². The number of carbonyl (C=O) groups is 1. The SMILES string of the molecule is CCOC(=O)[C@H]1CCc2nn(-c3ccccc3)cc2C1. The van der Waals surface area contributed by atoms with Gasteiger partial charge in [-0.2, -0.15) is 5.10 Å². The third kappa shape index (κ3) is 2.46. The Hall–Kier alpha value is -2.10. The first-order chi connectivity index (χ1) is 9.78. The quantitative estimate of drug-likeness (QED) is 0.805. The summed E-state index contributed by atoms with van der Waals surface area (Å²) in [4.78, 5) is 11.8. The fourth-order valence-electron chi connectivity index (χ4n) is 2.68. The summed E-state index contributed by atoms with van der Waals surface area (Å²) in [7, 11) is 0. The van der Waals surface area contributed by atoms with Gasteiger partial charge < -0.3 is 4.74 Å². The fraction of sp³-hybridized carbons (Fsp3) is 0.375. The van der Waals surface area contributed by atoms with Crippen molar-refractivity contribution in [2.45, 2.75) is 26.2 Å². The zero-order valence-electron chi connectivity index (χ0n) is 11.6. The van der Waals surface area contributed by atoms with E-state index >= 15 is 0 Å².